The first-order valence-corrected chi connectivity index (χ1v) is 7.92. The Kier molecular flexibility index (Phi) is 4.27. The van der Waals surface area contributed by atoms with E-state index in [1.807, 2.05) is 19.1 Å². The molecule has 0 spiro atoms. The SMILES string of the molecule is C[C@@H](C(=O)Nc1cc(Cl)cc(Cl)c1)N1CCc2ccccc21. The lowest BCUT2D eigenvalue weighted by Crippen LogP contribution is -2.41. The van der Waals surface area contributed by atoms with Crippen LogP contribution >= 0.6 is 23.2 Å². The first kappa shape index (κ1) is 15.2. The lowest BCUT2D eigenvalue weighted by Gasteiger charge is -2.26. The summed E-state index contributed by atoms with van der Waals surface area (Å²) in [6.45, 7) is 2.76. The van der Waals surface area contributed by atoms with E-state index >= 15 is 0 Å². The van der Waals surface area contributed by atoms with Crippen LogP contribution < -0.4 is 10.2 Å². The average molecular weight is 335 g/mol. The van der Waals surface area contributed by atoms with Gasteiger partial charge in [-0.3, -0.25) is 4.79 Å². The van der Waals surface area contributed by atoms with Gasteiger partial charge in [0.25, 0.3) is 0 Å². The van der Waals surface area contributed by atoms with Gasteiger partial charge < -0.3 is 10.2 Å². The number of halogens is 2. The fourth-order valence-electron chi connectivity index (χ4n) is 2.78. The van der Waals surface area contributed by atoms with Crippen LogP contribution in [-0.2, 0) is 11.2 Å². The molecule has 1 N–H and O–H groups in total. The van der Waals surface area contributed by atoms with Crippen LogP contribution in [0.5, 0.6) is 0 Å². The number of carbonyl (C=O) groups excluding carboxylic acids is 1. The molecule has 1 aliphatic rings. The second kappa shape index (κ2) is 6.19. The topological polar surface area (TPSA) is 32.3 Å². The number of benzene rings is 2. The van der Waals surface area contributed by atoms with Crippen molar-refractivity contribution < 1.29 is 4.79 Å². The van der Waals surface area contributed by atoms with Crippen LogP contribution in [-0.4, -0.2) is 18.5 Å². The Labute approximate surface area is 139 Å². The molecule has 0 bridgehead atoms. The summed E-state index contributed by atoms with van der Waals surface area (Å²) < 4.78 is 0. The Bertz CT molecular complexity index is 697. The highest BCUT2D eigenvalue weighted by atomic mass is 35.5. The van der Waals surface area contributed by atoms with Gasteiger partial charge in [-0.05, 0) is 43.2 Å². The molecule has 1 heterocycles. The van der Waals surface area contributed by atoms with Gasteiger partial charge in [0.1, 0.15) is 6.04 Å². The minimum atomic E-state index is -0.263. The lowest BCUT2D eigenvalue weighted by molar-refractivity contribution is -0.117. The monoisotopic (exact) mass is 334 g/mol. The predicted molar refractivity (Wildman–Crippen MR) is 92.0 cm³/mol. The van der Waals surface area contributed by atoms with Crippen LogP contribution in [0.3, 0.4) is 0 Å². The van der Waals surface area contributed by atoms with E-state index in [-0.39, 0.29) is 11.9 Å². The van der Waals surface area contributed by atoms with Gasteiger partial charge in [-0.2, -0.15) is 0 Å². The molecular formula is C17H16Cl2N2O. The van der Waals surface area contributed by atoms with Crippen LogP contribution in [0.25, 0.3) is 0 Å². The van der Waals surface area contributed by atoms with E-state index in [1.165, 1.54) is 5.56 Å². The fourth-order valence-corrected chi connectivity index (χ4v) is 3.31. The number of hydrogen-bond acceptors (Lipinski definition) is 2. The molecule has 0 aromatic heterocycles. The van der Waals surface area contributed by atoms with Gasteiger partial charge in [0.2, 0.25) is 5.91 Å². The van der Waals surface area contributed by atoms with Crippen molar-refractivity contribution in [1.29, 1.82) is 0 Å². The molecule has 0 saturated carbocycles. The molecule has 1 aliphatic heterocycles. The first-order valence-electron chi connectivity index (χ1n) is 7.16. The number of anilines is 2. The lowest BCUT2D eigenvalue weighted by atomic mass is 10.1. The number of hydrogen-bond donors (Lipinski definition) is 1. The second-order valence-corrected chi connectivity index (χ2v) is 6.27. The van der Waals surface area contributed by atoms with Gasteiger partial charge >= 0.3 is 0 Å². The molecule has 0 unspecified atom stereocenters. The van der Waals surface area contributed by atoms with Crippen molar-refractivity contribution in [2.75, 3.05) is 16.8 Å². The van der Waals surface area contributed by atoms with E-state index in [2.05, 4.69) is 22.3 Å². The molecule has 2 aromatic carbocycles. The Morgan fingerprint density at radius 1 is 1.18 bits per heavy atom. The van der Waals surface area contributed by atoms with Crippen LogP contribution in [0, 0.1) is 0 Å². The third-order valence-electron chi connectivity index (χ3n) is 3.90. The number of nitrogens with one attached hydrogen (secondary N) is 1. The van der Waals surface area contributed by atoms with Crippen LogP contribution in [0.2, 0.25) is 10.0 Å². The summed E-state index contributed by atoms with van der Waals surface area (Å²) in [6, 6.07) is 12.9. The van der Waals surface area contributed by atoms with Crippen molar-refractivity contribution in [1.82, 2.24) is 0 Å². The molecule has 0 aliphatic carbocycles. The Balaban J connectivity index is 1.75. The van der Waals surface area contributed by atoms with E-state index in [9.17, 15) is 4.79 Å². The minimum absolute atomic E-state index is 0.0740. The Morgan fingerprint density at radius 3 is 2.59 bits per heavy atom. The Hall–Kier alpha value is -1.71. The van der Waals surface area contributed by atoms with Crippen molar-refractivity contribution in [3.05, 3.63) is 58.1 Å². The van der Waals surface area contributed by atoms with Gasteiger partial charge in [-0.1, -0.05) is 41.4 Å². The molecule has 0 saturated heterocycles. The van der Waals surface area contributed by atoms with Crippen LogP contribution in [0.15, 0.2) is 42.5 Å². The van der Waals surface area contributed by atoms with Crippen molar-refractivity contribution >= 4 is 40.5 Å². The third kappa shape index (κ3) is 3.06. The molecule has 114 valence electrons. The number of nitrogens with zero attached hydrogens (tertiary/aromatic N) is 1. The maximum Gasteiger partial charge on any atom is 0.246 e. The second-order valence-electron chi connectivity index (χ2n) is 5.40. The fraction of sp³-hybridized carbons (Fsp3) is 0.235. The summed E-state index contributed by atoms with van der Waals surface area (Å²) in [6.07, 6.45) is 0.969. The summed E-state index contributed by atoms with van der Waals surface area (Å²) >= 11 is 11.9. The molecule has 22 heavy (non-hydrogen) atoms. The van der Waals surface area contributed by atoms with Gasteiger partial charge in [-0.15, -0.1) is 0 Å². The standard InChI is InChI=1S/C17H16Cl2N2O/c1-11(21-7-6-12-4-2-3-5-16(12)21)17(22)20-15-9-13(18)8-14(19)10-15/h2-5,8-11H,6-7H2,1H3,(H,20,22)/t11-/m0/s1. The average Bonchev–Trinajstić information content (AvgIpc) is 2.89. The van der Waals surface area contributed by atoms with Crippen LogP contribution in [0.4, 0.5) is 11.4 Å². The van der Waals surface area contributed by atoms with E-state index in [4.69, 9.17) is 23.2 Å². The van der Waals surface area contributed by atoms with Crippen molar-refractivity contribution in [3.63, 3.8) is 0 Å². The zero-order chi connectivity index (χ0) is 15.7. The van der Waals surface area contributed by atoms with Gasteiger partial charge in [-0.25, -0.2) is 0 Å². The number of fused-ring (bicyclic) bond motifs is 1. The van der Waals surface area contributed by atoms with Crippen molar-refractivity contribution in [2.45, 2.75) is 19.4 Å². The maximum absolute atomic E-state index is 12.5. The molecule has 1 amide bonds. The number of carbonyl (C=O) groups is 1. The molecule has 1 atom stereocenters. The number of amides is 1. The third-order valence-corrected chi connectivity index (χ3v) is 4.34. The highest BCUT2D eigenvalue weighted by Gasteiger charge is 2.27. The molecule has 3 rings (SSSR count). The molecule has 3 nitrogen and oxygen atoms in total. The quantitative estimate of drug-likeness (QED) is 0.903. The highest BCUT2D eigenvalue weighted by Crippen LogP contribution is 2.30. The van der Waals surface area contributed by atoms with Crippen molar-refractivity contribution in [2.24, 2.45) is 0 Å². The molecule has 5 heteroatoms. The Morgan fingerprint density at radius 2 is 1.86 bits per heavy atom. The van der Waals surface area contributed by atoms with E-state index < -0.39 is 0 Å². The summed E-state index contributed by atoms with van der Waals surface area (Å²) in [5.74, 6) is -0.0740. The van der Waals surface area contributed by atoms with Gasteiger partial charge in [0.15, 0.2) is 0 Å². The van der Waals surface area contributed by atoms with E-state index in [1.54, 1.807) is 18.2 Å². The summed E-state index contributed by atoms with van der Waals surface area (Å²) in [5.41, 5.74) is 3.03. The first-order chi connectivity index (χ1) is 10.5. The molecule has 0 radical (unpaired) electrons. The number of rotatable bonds is 3. The van der Waals surface area contributed by atoms with Crippen molar-refractivity contribution in [3.8, 4) is 0 Å². The zero-order valence-corrected chi connectivity index (χ0v) is 13.7. The molecule has 0 fully saturated rings. The van der Waals surface area contributed by atoms with E-state index in [0.29, 0.717) is 15.7 Å². The minimum Gasteiger partial charge on any atom is -0.359 e. The largest absolute Gasteiger partial charge is 0.359 e. The molecular weight excluding hydrogens is 319 g/mol. The smallest absolute Gasteiger partial charge is 0.246 e. The predicted octanol–water partition coefficient (Wildman–Crippen LogP) is 4.38. The normalized spacial score (nSPS) is 14.6. The van der Waals surface area contributed by atoms with Gasteiger partial charge in [0, 0.05) is 28.0 Å². The van der Waals surface area contributed by atoms with Gasteiger partial charge in [0.05, 0.1) is 0 Å². The van der Waals surface area contributed by atoms with Crippen LogP contribution in [0.1, 0.15) is 12.5 Å². The number of para-hydroxylation sites is 1. The summed E-state index contributed by atoms with van der Waals surface area (Å²) in [7, 11) is 0. The van der Waals surface area contributed by atoms with E-state index in [0.717, 1.165) is 18.7 Å². The summed E-state index contributed by atoms with van der Waals surface area (Å²) in [5, 5.41) is 3.89. The summed E-state index contributed by atoms with van der Waals surface area (Å²) in [4.78, 5) is 14.6. The highest BCUT2D eigenvalue weighted by molar-refractivity contribution is 6.35. The molecule has 2 aromatic rings. The zero-order valence-electron chi connectivity index (χ0n) is 12.1. The maximum atomic E-state index is 12.5.